The first-order chi connectivity index (χ1) is 18.7. The molecule has 3 amide bonds. The number of nitriles is 1. The molecule has 40 heavy (non-hydrogen) atoms. The van der Waals surface area contributed by atoms with E-state index in [1.165, 1.54) is 6.07 Å². The number of fused-ring (bicyclic) bond motifs is 3. The van der Waals surface area contributed by atoms with Crippen LogP contribution in [0.3, 0.4) is 0 Å². The SMILES string of the molecule is C[C@H](c1cccc(C(F)(F)F)c1)N1C(=O)[C@H]2CC1CN2C[C@H](NC(=O)OC(C)(C)C)C(=O)N1[C@H](C#N)C[C@@H]2C[C@@H]21. The van der Waals surface area contributed by atoms with Gasteiger partial charge in [-0.15, -0.1) is 0 Å². The van der Waals surface area contributed by atoms with Gasteiger partial charge in [-0.1, -0.05) is 12.1 Å². The van der Waals surface area contributed by atoms with Crippen molar-refractivity contribution in [1.82, 2.24) is 20.0 Å². The molecule has 3 saturated heterocycles. The molecule has 1 aromatic carbocycles. The number of ether oxygens (including phenoxy) is 1. The van der Waals surface area contributed by atoms with Crippen molar-refractivity contribution >= 4 is 17.9 Å². The Labute approximate surface area is 231 Å². The minimum atomic E-state index is -4.48. The quantitative estimate of drug-likeness (QED) is 0.571. The van der Waals surface area contributed by atoms with Crippen molar-refractivity contribution in [2.75, 3.05) is 13.1 Å². The average Bonchev–Trinajstić information content (AvgIpc) is 3.18. The zero-order valence-electron chi connectivity index (χ0n) is 22.9. The van der Waals surface area contributed by atoms with Gasteiger partial charge in [0.2, 0.25) is 11.8 Å². The van der Waals surface area contributed by atoms with Gasteiger partial charge in [-0.3, -0.25) is 14.5 Å². The first-order valence-corrected chi connectivity index (χ1v) is 13.6. The summed E-state index contributed by atoms with van der Waals surface area (Å²) in [5.41, 5.74) is -1.15. The highest BCUT2D eigenvalue weighted by Gasteiger charge is 2.56. The standard InChI is InChI=1S/C28H34F3N5O4/c1-15(16-6-5-7-18(8-16)28(29,30)31)35-20-11-23(25(35)38)34(13-20)14-21(33-26(39)40-27(2,3)4)24(37)36-19(12-32)9-17-10-22(17)36/h5-8,15,17,19-23H,9-11,13-14H2,1-4H3,(H,33,39)/t15-,17-,19+,20?,21+,22+,23-/m1/s1. The van der Waals surface area contributed by atoms with Crippen LogP contribution in [0.5, 0.6) is 0 Å². The van der Waals surface area contributed by atoms with Gasteiger partial charge in [-0.05, 0) is 70.6 Å². The summed E-state index contributed by atoms with van der Waals surface area (Å²) in [6, 6.07) is 4.25. The molecule has 3 heterocycles. The molecule has 0 spiro atoms. The second-order valence-corrected chi connectivity index (χ2v) is 12.3. The lowest BCUT2D eigenvalue weighted by Crippen LogP contribution is -2.59. The van der Waals surface area contributed by atoms with Gasteiger partial charge in [0.05, 0.1) is 23.7 Å². The molecule has 1 unspecified atom stereocenters. The number of nitrogens with one attached hydrogen (secondary N) is 1. The molecule has 1 aromatic rings. The second kappa shape index (κ2) is 9.94. The molecule has 12 heteroatoms. The Morgan fingerprint density at radius 1 is 1.20 bits per heavy atom. The molecule has 7 atom stereocenters. The van der Waals surface area contributed by atoms with Crippen LogP contribution in [-0.2, 0) is 20.5 Å². The monoisotopic (exact) mass is 561 g/mol. The van der Waals surface area contributed by atoms with E-state index in [-0.39, 0.29) is 30.4 Å². The summed E-state index contributed by atoms with van der Waals surface area (Å²) in [6.07, 6.45) is -3.32. The number of benzene rings is 1. The van der Waals surface area contributed by atoms with Crippen LogP contribution in [0.15, 0.2) is 24.3 Å². The Morgan fingerprint density at radius 2 is 1.93 bits per heavy atom. The molecular formula is C28H34F3N5O4. The Morgan fingerprint density at radius 3 is 2.55 bits per heavy atom. The third kappa shape index (κ3) is 5.36. The van der Waals surface area contributed by atoms with Crippen LogP contribution in [-0.4, -0.2) is 81.5 Å². The number of halogens is 3. The number of hydrogen-bond acceptors (Lipinski definition) is 6. The summed E-state index contributed by atoms with van der Waals surface area (Å²) in [5, 5.41) is 12.3. The van der Waals surface area contributed by atoms with Crippen LogP contribution in [0.2, 0.25) is 0 Å². The van der Waals surface area contributed by atoms with Gasteiger partial charge in [0, 0.05) is 25.2 Å². The van der Waals surface area contributed by atoms with Gasteiger partial charge >= 0.3 is 12.3 Å². The van der Waals surface area contributed by atoms with E-state index in [0.717, 1.165) is 18.6 Å². The highest BCUT2D eigenvalue weighted by Crippen LogP contribution is 2.48. The van der Waals surface area contributed by atoms with E-state index in [4.69, 9.17) is 4.74 Å². The van der Waals surface area contributed by atoms with Gasteiger partial charge in [-0.25, -0.2) is 4.79 Å². The molecule has 1 N–H and O–H groups in total. The molecule has 3 aliphatic heterocycles. The topological polar surface area (TPSA) is 106 Å². The Hall–Kier alpha value is -3.33. The molecule has 5 rings (SSSR count). The molecule has 1 aliphatic carbocycles. The van der Waals surface area contributed by atoms with Gasteiger partial charge in [0.15, 0.2) is 0 Å². The van der Waals surface area contributed by atoms with Gasteiger partial charge in [0.25, 0.3) is 0 Å². The number of alkyl carbamates (subject to hydrolysis) is 1. The largest absolute Gasteiger partial charge is 0.444 e. The molecule has 2 bridgehead atoms. The molecule has 1 saturated carbocycles. The summed E-state index contributed by atoms with van der Waals surface area (Å²) < 4.78 is 45.2. The van der Waals surface area contributed by atoms with Crippen LogP contribution in [0.25, 0.3) is 0 Å². The Balaban J connectivity index is 1.31. The van der Waals surface area contributed by atoms with Crippen molar-refractivity contribution in [3.8, 4) is 6.07 Å². The number of hydrogen-bond donors (Lipinski definition) is 1. The van der Waals surface area contributed by atoms with Gasteiger partial charge in [-0.2, -0.15) is 18.4 Å². The maximum Gasteiger partial charge on any atom is 0.416 e. The third-order valence-corrected chi connectivity index (χ3v) is 8.34. The summed E-state index contributed by atoms with van der Waals surface area (Å²) in [7, 11) is 0. The molecule has 216 valence electrons. The van der Waals surface area contributed by atoms with Crippen LogP contribution in [0.4, 0.5) is 18.0 Å². The fourth-order valence-electron chi connectivity index (χ4n) is 6.47. The van der Waals surface area contributed by atoms with Gasteiger partial charge < -0.3 is 19.9 Å². The maximum absolute atomic E-state index is 13.7. The molecule has 0 radical (unpaired) electrons. The summed E-state index contributed by atoms with van der Waals surface area (Å²) in [4.78, 5) is 44.9. The number of alkyl halides is 3. The Bertz CT molecular complexity index is 1240. The minimum Gasteiger partial charge on any atom is -0.444 e. The van der Waals surface area contributed by atoms with Crippen molar-refractivity contribution in [1.29, 1.82) is 5.26 Å². The lowest BCUT2D eigenvalue weighted by atomic mass is 10.0. The van der Waals surface area contributed by atoms with Crippen molar-refractivity contribution in [2.45, 2.75) is 95.0 Å². The summed E-state index contributed by atoms with van der Waals surface area (Å²) in [6.45, 7) is 7.32. The highest BCUT2D eigenvalue weighted by atomic mass is 19.4. The van der Waals surface area contributed by atoms with E-state index < -0.39 is 47.6 Å². The zero-order valence-corrected chi connectivity index (χ0v) is 22.9. The van der Waals surface area contributed by atoms with Crippen molar-refractivity contribution in [2.24, 2.45) is 5.92 Å². The number of amides is 3. The fraction of sp³-hybridized carbons (Fsp3) is 0.643. The number of likely N-dealkylation sites (tertiary alicyclic amines) is 3. The third-order valence-electron chi connectivity index (χ3n) is 8.34. The molecule has 9 nitrogen and oxygen atoms in total. The number of piperazine rings is 1. The first-order valence-electron chi connectivity index (χ1n) is 13.6. The van der Waals surface area contributed by atoms with Crippen molar-refractivity contribution in [3.05, 3.63) is 35.4 Å². The van der Waals surface area contributed by atoms with Crippen LogP contribution >= 0.6 is 0 Å². The number of carbonyl (C=O) groups is 3. The van der Waals surface area contributed by atoms with E-state index in [0.29, 0.717) is 30.9 Å². The van der Waals surface area contributed by atoms with Crippen LogP contribution in [0.1, 0.15) is 64.1 Å². The first kappa shape index (κ1) is 28.2. The minimum absolute atomic E-state index is 0.0134. The normalized spacial score (nSPS) is 29.1. The van der Waals surface area contributed by atoms with Crippen molar-refractivity contribution in [3.63, 3.8) is 0 Å². The number of carbonyl (C=O) groups excluding carboxylic acids is 3. The molecule has 4 aliphatic rings. The number of piperidine rings is 1. The molecule has 4 fully saturated rings. The van der Waals surface area contributed by atoms with E-state index in [1.54, 1.807) is 43.6 Å². The molecular weight excluding hydrogens is 527 g/mol. The average molecular weight is 562 g/mol. The van der Waals surface area contributed by atoms with E-state index >= 15 is 0 Å². The second-order valence-electron chi connectivity index (χ2n) is 12.3. The fourth-order valence-corrected chi connectivity index (χ4v) is 6.47. The maximum atomic E-state index is 13.7. The summed E-state index contributed by atoms with van der Waals surface area (Å²) >= 11 is 0. The van der Waals surface area contributed by atoms with E-state index in [1.807, 2.05) is 4.90 Å². The van der Waals surface area contributed by atoms with Crippen molar-refractivity contribution < 1.29 is 32.3 Å². The number of rotatable bonds is 6. The zero-order chi connectivity index (χ0) is 29.1. The van der Waals surface area contributed by atoms with Crippen LogP contribution in [0, 0.1) is 17.2 Å². The Kier molecular flexibility index (Phi) is 7.01. The highest BCUT2D eigenvalue weighted by molar-refractivity contribution is 5.89. The lowest BCUT2D eigenvalue weighted by Gasteiger charge is -2.39. The smallest absolute Gasteiger partial charge is 0.416 e. The van der Waals surface area contributed by atoms with Crippen LogP contribution < -0.4 is 5.32 Å². The number of nitrogens with zero attached hydrogens (tertiary/aromatic N) is 4. The predicted molar refractivity (Wildman–Crippen MR) is 136 cm³/mol. The predicted octanol–water partition coefficient (Wildman–Crippen LogP) is 3.46. The van der Waals surface area contributed by atoms with Gasteiger partial charge in [0.1, 0.15) is 17.7 Å². The van der Waals surface area contributed by atoms with E-state index in [2.05, 4.69) is 11.4 Å². The lowest BCUT2D eigenvalue weighted by molar-refractivity contribution is -0.141. The van der Waals surface area contributed by atoms with E-state index in [9.17, 15) is 32.8 Å². The summed E-state index contributed by atoms with van der Waals surface area (Å²) in [5.74, 6) is -0.291. The molecule has 0 aromatic heterocycles.